The molecule has 0 saturated carbocycles. The van der Waals surface area contributed by atoms with E-state index in [0.29, 0.717) is 67.3 Å². The second kappa shape index (κ2) is 13.2. The largest absolute Gasteiger partial charge is 0.388 e. The fourth-order valence-corrected chi connectivity index (χ4v) is 6.98. The molecule has 2 N–H and O–H groups in total. The summed E-state index contributed by atoms with van der Waals surface area (Å²) in [5.74, 6) is -0.390. The maximum Gasteiger partial charge on any atom is 0.261 e. The van der Waals surface area contributed by atoms with Crippen molar-refractivity contribution >= 4 is 45.2 Å². The first-order valence-electron chi connectivity index (χ1n) is 16.0. The fourth-order valence-electron chi connectivity index (χ4n) is 6.61. The van der Waals surface area contributed by atoms with E-state index in [1.165, 1.54) is 10.9 Å². The molecule has 10 nitrogen and oxygen atoms in total. The van der Waals surface area contributed by atoms with Crippen LogP contribution in [-0.4, -0.2) is 61.6 Å². The van der Waals surface area contributed by atoms with Gasteiger partial charge in [-0.05, 0) is 87.3 Å². The molecule has 1 aliphatic carbocycles. The van der Waals surface area contributed by atoms with Crippen LogP contribution in [0, 0.1) is 17.2 Å². The Morgan fingerprint density at radius 3 is 2.65 bits per heavy atom. The number of nitriles is 1. The molecule has 2 aromatic heterocycles. The van der Waals surface area contributed by atoms with Gasteiger partial charge in [0, 0.05) is 42.2 Å². The molecule has 0 radical (unpaired) electrons. The number of pyridine rings is 1. The Kier molecular flexibility index (Phi) is 9.07. The van der Waals surface area contributed by atoms with E-state index in [2.05, 4.69) is 10.3 Å². The van der Waals surface area contributed by atoms with Crippen LogP contribution in [0.1, 0.15) is 72.6 Å². The van der Waals surface area contributed by atoms with Crippen LogP contribution in [0.5, 0.6) is 0 Å². The molecule has 6 rings (SSSR count). The second-order valence-corrected chi connectivity index (χ2v) is 13.0. The first kappa shape index (κ1) is 31.6. The van der Waals surface area contributed by atoms with Crippen LogP contribution in [0.4, 0.5) is 0 Å². The van der Waals surface area contributed by atoms with Gasteiger partial charge in [0.05, 0.1) is 51.5 Å². The number of hydrogen-bond acceptors (Lipinski definition) is 7. The number of carbonyl (C=O) groups is 2. The average molecular weight is 641 g/mol. The third-order valence-electron chi connectivity index (χ3n) is 9.40. The zero-order chi connectivity index (χ0) is 32.4. The summed E-state index contributed by atoms with van der Waals surface area (Å²) in [6, 6.07) is 12.2. The molecule has 1 unspecified atom stereocenters. The van der Waals surface area contributed by atoms with Crippen LogP contribution in [0.3, 0.4) is 0 Å². The van der Waals surface area contributed by atoms with E-state index in [9.17, 15) is 19.5 Å². The molecule has 238 valence electrons. The lowest BCUT2D eigenvalue weighted by atomic mass is 9.90. The van der Waals surface area contributed by atoms with Crippen molar-refractivity contribution in [2.45, 2.75) is 70.4 Å². The van der Waals surface area contributed by atoms with Crippen molar-refractivity contribution in [1.82, 2.24) is 24.8 Å². The maximum absolute atomic E-state index is 13.2. The van der Waals surface area contributed by atoms with E-state index in [-0.39, 0.29) is 29.8 Å². The molecule has 11 heteroatoms. The van der Waals surface area contributed by atoms with Crippen LogP contribution in [-0.2, 0) is 24.2 Å². The van der Waals surface area contributed by atoms with Crippen molar-refractivity contribution in [2.24, 2.45) is 5.92 Å². The zero-order valence-corrected chi connectivity index (χ0v) is 26.6. The summed E-state index contributed by atoms with van der Waals surface area (Å²) in [6.07, 6.45) is 7.42. The van der Waals surface area contributed by atoms with Crippen LogP contribution in [0.2, 0.25) is 5.02 Å². The van der Waals surface area contributed by atoms with Crippen molar-refractivity contribution < 1.29 is 14.7 Å². The molecule has 2 aromatic carbocycles. The Bertz CT molecular complexity index is 1920. The Hall–Kier alpha value is -4.33. The third kappa shape index (κ3) is 6.48. The number of aliphatic hydroxyl groups is 1. The SMILES string of the molecule is CC(CCCNC(=O)c1ccc2c(Cl)c3c(nc2c1)CCCC3)C(=O)N1CCC(O)(Cn2cnc3cc(C#N)ccc3c2=O)CC1. The van der Waals surface area contributed by atoms with Crippen LogP contribution in [0.15, 0.2) is 47.5 Å². The highest BCUT2D eigenvalue weighted by Crippen LogP contribution is 2.33. The van der Waals surface area contributed by atoms with E-state index in [0.717, 1.165) is 52.9 Å². The number of likely N-dealkylation sites (tertiary alicyclic amines) is 1. The minimum Gasteiger partial charge on any atom is -0.388 e. The van der Waals surface area contributed by atoms with Gasteiger partial charge in [0.15, 0.2) is 0 Å². The number of carbonyl (C=O) groups excluding carboxylic acids is 2. The van der Waals surface area contributed by atoms with Gasteiger partial charge in [-0.1, -0.05) is 24.6 Å². The summed E-state index contributed by atoms with van der Waals surface area (Å²) in [4.78, 5) is 49.9. The van der Waals surface area contributed by atoms with Gasteiger partial charge in [0.25, 0.3) is 11.5 Å². The predicted molar refractivity (Wildman–Crippen MR) is 176 cm³/mol. The smallest absolute Gasteiger partial charge is 0.261 e. The molecule has 2 amide bonds. The highest BCUT2D eigenvalue weighted by molar-refractivity contribution is 6.36. The number of benzene rings is 2. The Balaban J connectivity index is 0.973. The van der Waals surface area contributed by atoms with Gasteiger partial charge in [-0.3, -0.25) is 23.9 Å². The first-order chi connectivity index (χ1) is 22.2. The van der Waals surface area contributed by atoms with Gasteiger partial charge in [-0.25, -0.2) is 4.98 Å². The number of halogens is 1. The molecule has 3 heterocycles. The third-order valence-corrected chi connectivity index (χ3v) is 9.83. The number of nitrogens with zero attached hydrogens (tertiary/aromatic N) is 5. The van der Waals surface area contributed by atoms with Gasteiger partial charge in [-0.2, -0.15) is 5.26 Å². The van der Waals surface area contributed by atoms with Gasteiger partial charge < -0.3 is 15.3 Å². The number of nitrogens with one attached hydrogen (secondary N) is 1. The number of piperidine rings is 1. The summed E-state index contributed by atoms with van der Waals surface area (Å²) in [7, 11) is 0. The van der Waals surface area contributed by atoms with E-state index >= 15 is 0 Å². The summed E-state index contributed by atoms with van der Waals surface area (Å²) in [5.41, 5.74) is 2.89. The van der Waals surface area contributed by atoms with Crippen LogP contribution < -0.4 is 10.9 Å². The second-order valence-electron chi connectivity index (χ2n) is 12.7. The predicted octanol–water partition coefficient (Wildman–Crippen LogP) is 4.55. The molecule has 4 aromatic rings. The highest BCUT2D eigenvalue weighted by atomic mass is 35.5. The minimum absolute atomic E-state index is 0.0204. The number of amides is 2. The van der Waals surface area contributed by atoms with Gasteiger partial charge in [0.2, 0.25) is 5.91 Å². The van der Waals surface area contributed by atoms with Crippen LogP contribution >= 0.6 is 11.6 Å². The molecular weight excluding hydrogens is 604 g/mol. The highest BCUT2D eigenvalue weighted by Gasteiger charge is 2.35. The number of rotatable bonds is 8. The lowest BCUT2D eigenvalue weighted by Crippen LogP contribution is -2.50. The van der Waals surface area contributed by atoms with E-state index in [4.69, 9.17) is 21.8 Å². The molecule has 2 aliphatic rings. The molecule has 46 heavy (non-hydrogen) atoms. The molecular formula is C35H37ClN6O4. The number of aromatic nitrogens is 3. The van der Waals surface area contributed by atoms with Crippen molar-refractivity contribution in [3.63, 3.8) is 0 Å². The number of hydrogen-bond donors (Lipinski definition) is 2. The summed E-state index contributed by atoms with van der Waals surface area (Å²) < 4.78 is 1.40. The minimum atomic E-state index is -1.14. The number of aryl methyl sites for hydroxylation is 1. The standard InChI is InChI=1S/C35H37ClN6O4/c1-22(5-4-14-38-32(43)24-9-11-26-30(18-24)40-28-7-3-2-6-25(28)31(26)36)33(44)41-15-12-35(46,13-16-41)20-42-21-39-29-17-23(19-37)8-10-27(29)34(42)45/h8-11,17-18,21-22,46H,2-7,12-16,20H2,1H3,(H,38,43). The zero-order valence-electron chi connectivity index (χ0n) is 25.9. The van der Waals surface area contributed by atoms with Crippen molar-refractivity contribution in [2.75, 3.05) is 19.6 Å². The molecule has 1 aliphatic heterocycles. The van der Waals surface area contributed by atoms with Gasteiger partial charge in [0.1, 0.15) is 0 Å². The Morgan fingerprint density at radius 1 is 1.11 bits per heavy atom. The molecule has 1 fully saturated rings. The Morgan fingerprint density at radius 2 is 1.87 bits per heavy atom. The van der Waals surface area contributed by atoms with Gasteiger partial charge in [-0.15, -0.1) is 0 Å². The number of fused-ring (bicyclic) bond motifs is 3. The molecule has 0 spiro atoms. The molecule has 0 bridgehead atoms. The topological polar surface area (TPSA) is 141 Å². The van der Waals surface area contributed by atoms with Crippen LogP contribution in [0.25, 0.3) is 21.8 Å². The van der Waals surface area contributed by atoms with E-state index < -0.39 is 5.60 Å². The van der Waals surface area contributed by atoms with Crippen molar-refractivity contribution in [3.05, 3.63) is 80.5 Å². The van der Waals surface area contributed by atoms with Crippen molar-refractivity contribution in [3.8, 4) is 6.07 Å². The normalized spacial score (nSPS) is 16.5. The summed E-state index contributed by atoms with van der Waals surface area (Å²) in [5, 5.41) is 25.3. The first-order valence-corrected chi connectivity index (χ1v) is 16.3. The van der Waals surface area contributed by atoms with Gasteiger partial charge >= 0.3 is 0 Å². The maximum atomic E-state index is 13.2. The summed E-state index contributed by atoms with van der Waals surface area (Å²) in [6.45, 7) is 3.19. The van der Waals surface area contributed by atoms with E-state index in [1.54, 1.807) is 35.2 Å². The molecule has 1 atom stereocenters. The van der Waals surface area contributed by atoms with Crippen molar-refractivity contribution in [1.29, 1.82) is 5.26 Å². The fraction of sp³-hybridized carbons (Fsp3) is 0.429. The Labute approximate surface area is 272 Å². The van der Waals surface area contributed by atoms with E-state index in [1.807, 2.05) is 19.1 Å². The quantitative estimate of drug-likeness (QED) is 0.269. The lowest BCUT2D eigenvalue weighted by Gasteiger charge is -2.39. The summed E-state index contributed by atoms with van der Waals surface area (Å²) >= 11 is 6.68. The molecule has 1 saturated heterocycles. The lowest BCUT2D eigenvalue weighted by molar-refractivity contribution is -0.139. The monoisotopic (exact) mass is 640 g/mol. The average Bonchev–Trinajstić information content (AvgIpc) is 3.07.